The summed E-state index contributed by atoms with van der Waals surface area (Å²) in [6.07, 6.45) is 0. The number of hydrogen-bond acceptors (Lipinski definition) is 2. The summed E-state index contributed by atoms with van der Waals surface area (Å²) in [5.74, 6) is 0. The molecule has 8 heavy (non-hydrogen) atoms. The molecule has 0 aromatic carbocycles. The first-order valence-electron chi connectivity index (χ1n) is 2.45. The zero-order valence-corrected chi connectivity index (χ0v) is 7.05. The molecular formula is C5H12ClNS. The smallest absolute Gasteiger partial charge is 0.101 e. The van der Waals surface area contributed by atoms with Crippen LogP contribution < -0.4 is 5.73 Å². The highest BCUT2D eigenvalue weighted by molar-refractivity contribution is 7.83. The molecule has 0 aliphatic rings. The highest BCUT2D eigenvalue weighted by Gasteiger charge is 2.31. The summed E-state index contributed by atoms with van der Waals surface area (Å²) in [4.78, 5) is 0. The van der Waals surface area contributed by atoms with Gasteiger partial charge in [-0.15, -0.1) is 11.6 Å². The van der Waals surface area contributed by atoms with Gasteiger partial charge in [0.25, 0.3) is 0 Å². The lowest BCUT2D eigenvalue weighted by atomic mass is 10.0. The minimum Gasteiger partial charge on any atom is -0.323 e. The molecule has 0 saturated carbocycles. The van der Waals surface area contributed by atoms with Crippen LogP contribution >= 0.6 is 24.2 Å². The van der Waals surface area contributed by atoms with Gasteiger partial charge in [0.1, 0.15) is 4.21 Å². The third-order valence-corrected chi connectivity index (χ3v) is 2.24. The summed E-state index contributed by atoms with van der Waals surface area (Å²) in [5, 5.41) is 0. The second-order valence-electron chi connectivity index (χ2n) is 2.68. The Kier molecular flexibility index (Phi) is 2.24. The van der Waals surface area contributed by atoms with Crippen LogP contribution in [0.1, 0.15) is 20.8 Å². The predicted octanol–water partition coefficient (Wildman–Crippen LogP) is 1.61. The molecule has 0 rings (SSSR count). The first kappa shape index (κ1) is 8.60. The molecule has 0 saturated heterocycles. The molecule has 0 radical (unpaired) electrons. The zero-order valence-electron chi connectivity index (χ0n) is 5.40. The Bertz CT molecular complexity index is 67.4. The van der Waals surface area contributed by atoms with Crippen LogP contribution in [0.25, 0.3) is 0 Å². The molecule has 1 atom stereocenters. The van der Waals surface area contributed by atoms with Crippen molar-refractivity contribution in [3.8, 4) is 0 Å². The third kappa shape index (κ3) is 2.25. The Labute approximate surface area is 61.0 Å². The molecule has 0 aliphatic carbocycles. The van der Waals surface area contributed by atoms with Crippen molar-refractivity contribution < 1.29 is 0 Å². The molecule has 0 heterocycles. The van der Waals surface area contributed by atoms with Crippen molar-refractivity contribution in [1.82, 2.24) is 0 Å². The number of alkyl halides is 1. The van der Waals surface area contributed by atoms with Crippen LogP contribution in [0.15, 0.2) is 0 Å². The summed E-state index contributed by atoms with van der Waals surface area (Å²) in [6, 6.07) is 0. The van der Waals surface area contributed by atoms with Crippen LogP contribution in [0.4, 0.5) is 0 Å². The maximum Gasteiger partial charge on any atom is 0.101 e. The molecule has 3 heteroatoms. The number of rotatable bonds is 1. The van der Waals surface area contributed by atoms with Crippen LogP contribution in [0, 0.1) is 0 Å². The summed E-state index contributed by atoms with van der Waals surface area (Å²) in [5.41, 5.74) is 5.17. The van der Waals surface area contributed by atoms with Crippen molar-refractivity contribution in [2.75, 3.05) is 0 Å². The van der Waals surface area contributed by atoms with Gasteiger partial charge in [0.15, 0.2) is 0 Å². The third-order valence-electron chi connectivity index (χ3n) is 1.18. The van der Waals surface area contributed by atoms with E-state index in [1.807, 2.05) is 13.8 Å². The Morgan fingerprint density at radius 3 is 1.50 bits per heavy atom. The van der Waals surface area contributed by atoms with Gasteiger partial charge in [-0.2, -0.15) is 12.6 Å². The molecule has 0 aromatic rings. The van der Waals surface area contributed by atoms with Crippen LogP contribution in [0.2, 0.25) is 0 Å². The minimum atomic E-state index is -0.618. The van der Waals surface area contributed by atoms with Crippen LogP contribution in [-0.4, -0.2) is 9.75 Å². The van der Waals surface area contributed by atoms with E-state index < -0.39 is 9.75 Å². The van der Waals surface area contributed by atoms with Crippen LogP contribution in [0.3, 0.4) is 0 Å². The quantitative estimate of drug-likeness (QED) is 0.435. The Morgan fingerprint density at radius 2 is 1.50 bits per heavy atom. The normalized spacial score (nSPS) is 20.2. The molecule has 0 amide bonds. The van der Waals surface area contributed by atoms with E-state index in [0.29, 0.717) is 0 Å². The van der Waals surface area contributed by atoms with Gasteiger partial charge in [0.05, 0.1) is 0 Å². The van der Waals surface area contributed by atoms with Gasteiger partial charge in [-0.25, -0.2) is 0 Å². The largest absolute Gasteiger partial charge is 0.323 e. The van der Waals surface area contributed by atoms with Gasteiger partial charge in [0, 0.05) is 5.54 Å². The molecule has 1 unspecified atom stereocenters. The second-order valence-corrected chi connectivity index (χ2v) is 4.59. The SMILES string of the molecule is CC(C)(N)C(C)(S)Cl. The van der Waals surface area contributed by atoms with Gasteiger partial charge < -0.3 is 5.73 Å². The highest BCUT2D eigenvalue weighted by atomic mass is 35.5. The van der Waals surface area contributed by atoms with Crippen molar-refractivity contribution in [3.63, 3.8) is 0 Å². The van der Waals surface area contributed by atoms with E-state index >= 15 is 0 Å². The number of halogens is 1. The maximum absolute atomic E-state index is 5.75. The van der Waals surface area contributed by atoms with Crippen molar-refractivity contribution in [2.45, 2.75) is 30.5 Å². The van der Waals surface area contributed by atoms with Gasteiger partial charge in [-0.1, -0.05) is 0 Å². The van der Waals surface area contributed by atoms with Crippen LogP contribution in [0.5, 0.6) is 0 Å². The van der Waals surface area contributed by atoms with Crippen molar-refractivity contribution in [2.24, 2.45) is 5.73 Å². The van der Waals surface area contributed by atoms with Crippen molar-refractivity contribution in [1.29, 1.82) is 0 Å². The highest BCUT2D eigenvalue weighted by Crippen LogP contribution is 2.29. The first-order chi connectivity index (χ1) is 3.25. The summed E-state index contributed by atoms with van der Waals surface area (Å²) in [6.45, 7) is 5.46. The topological polar surface area (TPSA) is 26.0 Å². The Morgan fingerprint density at radius 1 is 1.38 bits per heavy atom. The van der Waals surface area contributed by atoms with E-state index in [-0.39, 0.29) is 0 Å². The van der Waals surface area contributed by atoms with Crippen LogP contribution in [-0.2, 0) is 0 Å². The Hall–Kier alpha value is 0.600. The fourth-order valence-corrected chi connectivity index (χ4v) is 0. The number of thiol groups is 1. The van der Waals surface area contributed by atoms with Crippen molar-refractivity contribution >= 4 is 24.2 Å². The molecule has 0 aromatic heterocycles. The van der Waals surface area contributed by atoms with E-state index in [4.69, 9.17) is 17.3 Å². The van der Waals surface area contributed by atoms with E-state index in [0.717, 1.165) is 0 Å². The lowest BCUT2D eigenvalue weighted by Gasteiger charge is -2.30. The predicted molar refractivity (Wildman–Crippen MR) is 41.5 cm³/mol. The number of nitrogens with two attached hydrogens (primary N) is 1. The van der Waals surface area contributed by atoms with E-state index in [2.05, 4.69) is 12.6 Å². The molecule has 0 spiro atoms. The van der Waals surface area contributed by atoms with Gasteiger partial charge in [-0.05, 0) is 20.8 Å². The standard InChI is InChI=1S/C5H12ClNS/c1-4(2,7)5(3,6)8/h8H,7H2,1-3H3. The second kappa shape index (κ2) is 2.09. The molecule has 1 nitrogen and oxygen atoms in total. The Balaban J connectivity index is 4.02. The van der Waals surface area contributed by atoms with Gasteiger partial charge in [0.2, 0.25) is 0 Å². The molecule has 2 N–H and O–H groups in total. The summed E-state index contributed by atoms with van der Waals surface area (Å²) >= 11 is 9.82. The minimum absolute atomic E-state index is 0.433. The summed E-state index contributed by atoms with van der Waals surface area (Å²) < 4.78 is -0.618. The monoisotopic (exact) mass is 153 g/mol. The lowest BCUT2D eigenvalue weighted by Crippen LogP contribution is -2.47. The summed E-state index contributed by atoms with van der Waals surface area (Å²) in [7, 11) is 0. The van der Waals surface area contributed by atoms with E-state index in [1.54, 1.807) is 6.92 Å². The van der Waals surface area contributed by atoms with Crippen molar-refractivity contribution in [3.05, 3.63) is 0 Å². The molecular weight excluding hydrogens is 142 g/mol. The zero-order chi connectivity index (χ0) is 7.00. The average Bonchev–Trinajstić information content (AvgIpc) is 1.25. The number of hydrogen-bond donors (Lipinski definition) is 2. The van der Waals surface area contributed by atoms with E-state index in [1.165, 1.54) is 0 Å². The van der Waals surface area contributed by atoms with E-state index in [9.17, 15) is 0 Å². The maximum atomic E-state index is 5.75. The van der Waals surface area contributed by atoms with Gasteiger partial charge >= 0.3 is 0 Å². The first-order valence-corrected chi connectivity index (χ1v) is 3.28. The average molecular weight is 154 g/mol. The molecule has 50 valence electrons. The fraction of sp³-hybridized carbons (Fsp3) is 1.00. The lowest BCUT2D eigenvalue weighted by molar-refractivity contribution is 0.482. The fourth-order valence-electron chi connectivity index (χ4n) is 0. The molecule has 0 bridgehead atoms. The molecule has 0 fully saturated rings. The molecule has 0 aliphatic heterocycles. The van der Waals surface area contributed by atoms with Gasteiger partial charge in [-0.3, -0.25) is 0 Å².